The number of benzene rings is 1. The van der Waals surface area contributed by atoms with Crippen molar-refractivity contribution in [2.24, 2.45) is 5.92 Å². The Bertz CT molecular complexity index is 690. The van der Waals surface area contributed by atoms with Crippen LogP contribution in [-0.4, -0.2) is 27.8 Å². The van der Waals surface area contributed by atoms with E-state index in [2.05, 4.69) is 15.5 Å². The largest absolute Gasteiger partial charge is 0.392 e. The van der Waals surface area contributed by atoms with Crippen molar-refractivity contribution >= 4 is 5.91 Å². The molecule has 2 heterocycles. The van der Waals surface area contributed by atoms with Gasteiger partial charge in [-0.05, 0) is 30.5 Å². The summed E-state index contributed by atoms with van der Waals surface area (Å²) >= 11 is 0. The van der Waals surface area contributed by atoms with Crippen molar-refractivity contribution in [1.82, 2.24) is 15.5 Å². The topological polar surface area (TPSA) is 87.2 Å². The first-order chi connectivity index (χ1) is 11.7. The van der Waals surface area contributed by atoms with Crippen LogP contribution in [0.5, 0.6) is 0 Å². The number of carbonyl (C=O) groups excluding carboxylic acids is 1. The van der Waals surface area contributed by atoms with Crippen LogP contribution in [-0.2, 0) is 22.7 Å². The summed E-state index contributed by atoms with van der Waals surface area (Å²) in [5, 5.41) is 18.6. The molecule has 0 unspecified atom stereocenters. The molecule has 1 fully saturated rings. The molecule has 1 aromatic carbocycles. The Kier molecular flexibility index (Phi) is 5.22. The summed E-state index contributed by atoms with van der Waals surface area (Å²) in [4.78, 5) is 12.5. The van der Waals surface area contributed by atoms with Gasteiger partial charge in [-0.1, -0.05) is 12.1 Å². The minimum atomic E-state index is -0.472. The van der Waals surface area contributed by atoms with Gasteiger partial charge in [0.15, 0.2) is 0 Å². The molecule has 3 rings (SSSR count). The van der Waals surface area contributed by atoms with Gasteiger partial charge in [-0.2, -0.15) is 5.10 Å². The van der Waals surface area contributed by atoms with E-state index in [1.165, 1.54) is 12.1 Å². The zero-order valence-corrected chi connectivity index (χ0v) is 13.2. The molecule has 0 bridgehead atoms. The number of carbonyl (C=O) groups is 1. The summed E-state index contributed by atoms with van der Waals surface area (Å²) in [6, 6.07) is 6.35. The fourth-order valence-electron chi connectivity index (χ4n) is 2.93. The zero-order chi connectivity index (χ0) is 16.9. The fraction of sp³-hybridized carbons (Fsp3) is 0.412. The summed E-state index contributed by atoms with van der Waals surface area (Å²) < 4.78 is 19.4. The Labute approximate surface area is 139 Å². The van der Waals surface area contributed by atoms with Crippen molar-refractivity contribution in [2.75, 3.05) is 6.61 Å². The second-order valence-electron chi connectivity index (χ2n) is 5.85. The molecular weight excluding hydrogens is 313 g/mol. The number of aliphatic hydroxyl groups is 1. The first-order valence-corrected chi connectivity index (χ1v) is 7.96. The van der Waals surface area contributed by atoms with Gasteiger partial charge in [0, 0.05) is 24.9 Å². The van der Waals surface area contributed by atoms with E-state index in [0.717, 1.165) is 18.5 Å². The van der Waals surface area contributed by atoms with Gasteiger partial charge >= 0.3 is 0 Å². The molecule has 0 aliphatic carbocycles. The van der Waals surface area contributed by atoms with Gasteiger partial charge in [0.1, 0.15) is 11.9 Å². The monoisotopic (exact) mass is 333 g/mol. The van der Waals surface area contributed by atoms with Crippen LogP contribution in [0.3, 0.4) is 0 Å². The Morgan fingerprint density at radius 3 is 3.04 bits per heavy atom. The molecular formula is C17H20FN3O3. The van der Waals surface area contributed by atoms with Crippen molar-refractivity contribution < 1.29 is 19.0 Å². The Morgan fingerprint density at radius 1 is 1.46 bits per heavy atom. The van der Waals surface area contributed by atoms with E-state index in [9.17, 15) is 9.18 Å². The molecule has 7 heteroatoms. The number of amides is 1. The van der Waals surface area contributed by atoms with E-state index in [4.69, 9.17) is 9.84 Å². The van der Waals surface area contributed by atoms with Crippen molar-refractivity contribution in [3.8, 4) is 0 Å². The number of hydrogen-bond donors (Lipinski definition) is 3. The molecule has 0 spiro atoms. The fourth-order valence-corrected chi connectivity index (χ4v) is 2.93. The number of aliphatic hydroxyl groups excluding tert-OH is 1. The SMILES string of the molecule is O=C(NCc1ccc(CO)c(F)c1)[C@@H]1CCCO[C@H]1c1ccn[nH]1. The third kappa shape index (κ3) is 3.63. The third-order valence-electron chi connectivity index (χ3n) is 4.24. The molecule has 6 nitrogen and oxygen atoms in total. The van der Waals surface area contributed by atoms with E-state index in [0.29, 0.717) is 12.2 Å². The summed E-state index contributed by atoms with van der Waals surface area (Å²) in [5.74, 6) is -0.901. The number of ether oxygens (including phenoxy) is 1. The summed E-state index contributed by atoms with van der Waals surface area (Å²) in [6.07, 6.45) is 2.85. The zero-order valence-electron chi connectivity index (χ0n) is 13.2. The summed E-state index contributed by atoms with van der Waals surface area (Å²) in [7, 11) is 0. The molecule has 1 aliphatic heterocycles. The summed E-state index contributed by atoms with van der Waals surface area (Å²) in [6.45, 7) is 0.499. The van der Waals surface area contributed by atoms with Crippen molar-refractivity contribution in [3.05, 3.63) is 53.1 Å². The first kappa shape index (κ1) is 16.6. The third-order valence-corrected chi connectivity index (χ3v) is 4.24. The molecule has 1 saturated heterocycles. The molecule has 128 valence electrons. The average molecular weight is 333 g/mol. The van der Waals surface area contributed by atoms with Crippen LogP contribution < -0.4 is 5.32 Å². The van der Waals surface area contributed by atoms with Crippen LogP contribution in [0.15, 0.2) is 30.5 Å². The predicted molar refractivity (Wildman–Crippen MR) is 84.2 cm³/mol. The number of hydrogen-bond acceptors (Lipinski definition) is 4. The number of aromatic nitrogens is 2. The van der Waals surface area contributed by atoms with Crippen LogP contribution in [0.2, 0.25) is 0 Å². The number of nitrogens with one attached hydrogen (secondary N) is 2. The number of nitrogens with zero attached hydrogens (tertiary/aromatic N) is 1. The number of halogens is 1. The van der Waals surface area contributed by atoms with Gasteiger partial charge in [-0.3, -0.25) is 9.89 Å². The minimum Gasteiger partial charge on any atom is -0.392 e. The van der Waals surface area contributed by atoms with Crippen LogP contribution in [0, 0.1) is 11.7 Å². The number of H-pyrrole nitrogens is 1. The average Bonchev–Trinajstić information content (AvgIpc) is 3.14. The quantitative estimate of drug-likeness (QED) is 0.779. The van der Waals surface area contributed by atoms with Gasteiger partial charge in [-0.25, -0.2) is 4.39 Å². The van der Waals surface area contributed by atoms with Crippen molar-refractivity contribution in [3.63, 3.8) is 0 Å². The first-order valence-electron chi connectivity index (χ1n) is 7.96. The van der Waals surface area contributed by atoms with Gasteiger partial charge in [0.2, 0.25) is 5.91 Å². The predicted octanol–water partition coefficient (Wildman–Crippen LogP) is 1.83. The van der Waals surface area contributed by atoms with Gasteiger partial charge in [0.05, 0.1) is 18.2 Å². The van der Waals surface area contributed by atoms with E-state index in [1.54, 1.807) is 18.3 Å². The highest BCUT2D eigenvalue weighted by Crippen LogP contribution is 2.32. The van der Waals surface area contributed by atoms with Gasteiger partial charge < -0.3 is 15.2 Å². The lowest BCUT2D eigenvalue weighted by molar-refractivity contribution is -0.135. The smallest absolute Gasteiger partial charge is 0.226 e. The molecule has 1 aromatic heterocycles. The minimum absolute atomic E-state index is 0.124. The lowest BCUT2D eigenvalue weighted by atomic mass is 9.91. The maximum absolute atomic E-state index is 13.7. The maximum atomic E-state index is 13.7. The van der Waals surface area contributed by atoms with Crippen LogP contribution in [0.1, 0.15) is 35.8 Å². The molecule has 2 atom stereocenters. The standard InChI is InChI=1S/C17H20FN3O3/c18-14-8-11(3-4-12(14)10-22)9-19-17(23)13-2-1-7-24-16(13)15-5-6-20-21-15/h3-6,8,13,16,22H,1-2,7,9-10H2,(H,19,23)(H,20,21)/t13-,16-/m1/s1. The molecule has 24 heavy (non-hydrogen) atoms. The van der Waals surface area contributed by atoms with E-state index in [1.807, 2.05) is 0 Å². The normalized spacial score (nSPS) is 20.8. The van der Waals surface area contributed by atoms with Gasteiger partial charge in [-0.15, -0.1) is 0 Å². The van der Waals surface area contributed by atoms with Crippen molar-refractivity contribution in [2.45, 2.75) is 32.1 Å². The van der Waals surface area contributed by atoms with Crippen LogP contribution >= 0.6 is 0 Å². The highest BCUT2D eigenvalue weighted by molar-refractivity contribution is 5.79. The lowest BCUT2D eigenvalue weighted by Crippen LogP contribution is -2.37. The van der Waals surface area contributed by atoms with Crippen LogP contribution in [0.25, 0.3) is 0 Å². The Hall–Kier alpha value is -2.25. The van der Waals surface area contributed by atoms with E-state index in [-0.39, 0.29) is 36.6 Å². The summed E-state index contributed by atoms with van der Waals surface area (Å²) in [5.41, 5.74) is 1.67. The highest BCUT2D eigenvalue weighted by atomic mass is 19.1. The number of rotatable bonds is 5. The molecule has 0 saturated carbocycles. The molecule has 1 aliphatic rings. The van der Waals surface area contributed by atoms with Gasteiger partial charge in [0.25, 0.3) is 0 Å². The van der Waals surface area contributed by atoms with E-state index < -0.39 is 5.82 Å². The lowest BCUT2D eigenvalue weighted by Gasteiger charge is -2.30. The molecule has 3 N–H and O–H groups in total. The Balaban J connectivity index is 1.64. The molecule has 1 amide bonds. The Morgan fingerprint density at radius 2 is 2.33 bits per heavy atom. The maximum Gasteiger partial charge on any atom is 0.226 e. The van der Waals surface area contributed by atoms with E-state index >= 15 is 0 Å². The second-order valence-corrected chi connectivity index (χ2v) is 5.85. The molecule has 0 radical (unpaired) electrons. The van der Waals surface area contributed by atoms with Crippen molar-refractivity contribution in [1.29, 1.82) is 0 Å². The highest BCUT2D eigenvalue weighted by Gasteiger charge is 2.33. The molecule has 2 aromatic rings. The second kappa shape index (κ2) is 7.55. The number of aromatic amines is 1. The van der Waals surface area contributed by atoms with Crippen LogP contribution in [0.4, 0.5) is 4.39 Å².